The third kappa shape index (κ3) is 3.07. The van der Waals surface area contributed by atoms with Crippen LogP contribution in [0.5, 0.6) is 0 Å². The Morgan fingerprint density at radius 1 is 1.50 bits per heavy atom. The molecule has 1 aromatic rings. The molecule has 1 atom stereocenters. The van der Waals surface area contributed by atoms with Gasteiger partial charge < -0.3 is 11.1 Å². The van der Waals surface area contributed by atoms with E-state index in [2.05, 4.69) is 10.3 Å². The van der Waals surface area contributed by atoms with E-state index >= 15 is 0 Å². The van der Waals surface area contributed by atoms with Crippen LogP contribution in [0.4, 0.5) is 0 Å². The molecule has 1 aliphatic carbocycles. The molecule has 1 heterocycles. The van der Waals surface area contributed by atoms with Crippen molar-refractivity contribution in [3.8, 4) is 0 Å². The molecule has 0 bridgehead atoms. The van der Waals surface area contributed by atoms with Gasteiger partial charge in [-0.2, -0.15) is 0 Å². The SMILES string of the molecule is Cc1cccc(C(=O)NC(CN)C2CCCC2)n1. The van der Waals surface area contributed by atoms with Crippen molar-refractivity contribution in [1.82, 2.24) is 10.3 Å². The molecule has 0 radical (unpaired) electrons. The Kier molecular flexibility index (Phi) is 4.31. The Bertz CT molecular complexity index is 413. The molecule has 0 aromatic carbocycles. The van der Waals surface area contributed by atoms with Crippen LogP contribution in [0.2, 0.25) is 0 Å². The van der Waals surface area contributed by atoms with Gasteiger partial charge >= 0.3 is 0 Å². The van der Waals surface area contributed by atoms with E-state index in [-0.39, 0.29) is 11.9 Å². The molecular formula is C14H21N3O. The zero-order valence-electron chi connectivity index (χ0n) is 10.9. The molecule has 1 unspecified atom stereocenters. The van der Waals surface area contributed by atoms with Crippen LogP contribution >= 0.6 is 0 Å². The van der Waals surface area contributed by atoms with Gasteiger partial charge in [0.15, 0.2) is 0 Å². The van der Waals surface area contributed by atoms with E-state index < -0.39 is 0 Å². The van der Waals surface area contributed by atoms with Crippen LogP contribution in [-0.4, -0.2) is 23.5 Å². The smallest absolute Gasteiger partial charge is 0.270 e. The Labute approximate surface area is 108 Å². The number of pyridine rings is 1. The summed E-state index contributed by atoms with van der Waals surface area (Å²) in [6, 6.07) is 5.56. The predicted molar refractivity (Wildman–Crippen MR) is 71.2 cm³/mol. The maximum Gasteiger partial charge on any atom is 0.270 e. The van der Waals surface area contributed by atoms with E-state index in [1.807, 2.05) is 19.1 Å². The number of carbonyl (C=O) groups excluding carboxylic acids is 1. The summed E-state index contributed by atoms with van der Waals surface area (Å²) in [5, 5.41) is 3.03. The minimum atomic E-state index is -0.110. The highest BCUT2D eigenvalue weighted by molar-refractivity contribution is 5.92. The molecule has 18 heavy (non-hydrogen) atoms. The second kappa shape index (κ2) is 5.96. The van der Waals surface area contributed by atoms with Crippen LogP contribution in [0.25, 0.3) is 0 Å². The van der Waals surface area contributed by atoms with Crippen LogP contribution in [0.1, 0.15) is 41.9 Å². The van der Waals surface area contributed by atoms with Gasteiger partial charge in [-0.25, -0.2) is 4.98 Å². The van der Waals surface area contributed by atoms with E-state index in [0.717, 1.165) is 5.69 Å². The molecule has 4 nitrogen and oxygen atoms in total. The largest absolute Gasteiger partial charge is 0.346 e. The summed E-state index contributed by atoms with van der Waals surface area (Å²) in [6.07, 6.45) is 4.84. The van der Waals surface area contributed by atoms with Crippen LogP contribution in [-0.2, 0) is 0 Å². The first-order valence-electron chi connectivity index (χ1n) is 6.65. The van der Waals surface area contributed by atoms with Crippen LogP contribution in [0.3, 0.4) is 0 Å². The number of amides is 1. The summed E-state index contributed by atoms with van der Waals surface area (Å²) in [5.74, 6) is 0.421. The summed E-state index contributed by atoms with van der Waals surface area (Å²) in [4.78, 5) is 16.3. The second-order valence-corrected chi connectivity index (χ2v) is 5.02. The van der Waals surface area contributed by atoms with Crippen molar-refractivity contribution in [1.29, 1.82) is 0 Å². The fourth-order valence-electron chi connectivity index (χ4n) is 2.64. The van der Waals surface area contributed by atoms with Gasteiger partial charge in [0.25, 0.3) is 5.91 Å². The third-order valence-electron chi connectivity index (χ3n) is 3.66. The van der Waals surface area contributed by atoms with E-state index in [4.69, 9.17) is 5.73 Å². The number of carbonyl (C=O) groups is 1. The lowest BCUT2D eigenvalue weighted by Gasteiger charge is -2.22. The molecule has 0 spiro atoms. The molecule has 1 aliphatic rings. The normalized spacial score (nSPS) is 17.7. The van der Waals surface area contributed by atoms with Gasteiger partial charge in [0, 0.05) is 18.3 Å². The van der Waals surface area contributed by atoms with Gasteiger partial charge in [-0.3, -0.25) is 4.79 Å². The van der Waals surface area contributed by atoms with Crippen LogP contribution in [0.15, 0.2) is 18.2 Å². The van der Waals surface area contributed by atoms with Crippen molar-refractivity contribution in [2.75, 3.05) is 6.54 Å². The van der Waals surface area contributed by atoms with E-state index in [1.54, 1.807) is 6.07 Å². The lowest BCUT2D eigenvalue weighted by Crippen LogP contribution is -2.44. The lowest BCUT2D eigenvalue weighted by molar-refractivity contribution is 0.0919. The minimum absolute atomic E-state index is 0.0855. The molecule has 4 heteroatoms. The predicted octanol–water partition coefficient (Wildman–Crippen LogP) is 1.64. The first kappa shape index (κ1) is 13.0. The van der Waals surface area contributed by atoms with Crippen molar-refractivity contribution in [3.05, 3.63) is 29.6 Å². The molecule has 1 fully saturated rings. The number of rotatable bonds is 4. The number of aryl methyl sites for hydroxylation is 1. The van der Waals surface area contributed by atoms with Gasteiger partial charge in [-0.1, -0.05) is 18.9 Å². The van der Waals surface area contributed by atoms with Crippen molar-refractivity contribution < 1.29 is 4.79 Å². The van der Waals surface area contributed by atoms with Crippen molar-refractivity contribution in [2.45, 2.75) is 38.6 Å². The third-order valence-corrected chi connectivity index (χ3v) is 3.66. The Morgan fingerprint density at radius 2 is 2.22 bits per heavy atom. The number of nitrogens with two attached hydrogens (primary N) is 1. The molecule has 1 saturated carbocycles. The first-order valence-corrected chi connectivity index (χ1v) is 6.65. The van der Waals surface area contributed by atoms with Crippen molar-refractivity contribution >= 4 is 5.91 Å². The topological polar surface area (TPSA) is 68.0 Å². The number of aromatic nitrogens is 1. The summed E-state index contributed by atoms with van der Waals surface area (Å²) < 4.78 is 0. The lowest BCUT2D eigenvalue weighted by atomic mass is 9.98. The molecule has 1 aromatic heterocycles. The molecule has 0 aliphatic heterocycles. The molecule has 3 N–H and O–H groups in total. The standard InChI is InChI=1S/C14H21N3O/c1-10-5-4-8-12(16-10)14(18)17-13(9-15)11-6-2-3-7-11/h4-5,8,11,13H,2-3,6-7,9,15H2,1H3,(H,17,18). The van der Waals surface area contributed by atoms with E-state index in [1.165, 1.54) is 25.7 Å². The van der Waals surface area contributed by atoms with Gasteiger partial charge in [-0.05, 0) is 37.8 Å². The van der Waals surface area contributed by atoms with Crippen molar-refractivity contribution in [3.63, 3.8) is 0 Å². The van der Waals surface area contributed by atoms with E-state index in [0.29, 0.717) is 18.2 Å². The molecule has 1 amide bonds. The zero-order chi connectivity index (χ0) is 13.0. The summed E-state index contributed by atoms with van der Waals surface area (Å²) in [6.45, 7) is 2.39. The fourth-order valence-corrected chi connectivity index (χ4v) is 2.64. The summed E-state index contributed by atoms with van der Waals surface area (Å²) in [5.41, 5.74) is 7.11. The Hall–Kier alpha value is -1.42. The molecular weight excluding hydrogens is 226 g/mol. The summed E-state index contributed by atoms with van der Waals surface area (Å²) in [7, 11) is 0. The van der Waals surface area contributed by atoms with Gasteiger partial charge in [0.05, 0.1) is 0 Å². The van der Waals surface area contributed by atoms with Gasteiger partial charge in [0.1, 0.15) is 5.69 Å². The number of hydrogen-bond acceptors (Lipinski definition) is 3. The summed E-state index contributed by atoms with van der Waals surface area (Å²) >= 11 is 0. The highest BCUT2D eigenvalue weighted by atomic mass is 16.1. The molecule has 2 rings (SSSR count). The number of hydrogen-bond donors (Lipinski definition) is 2. The Balaban J connectivity index is 2.00. The average Bonchev–Trinajstić information content (AvgIpc) is 2.89. The molecule has 0 saturated heterocycles. The van der Waals surface area contributed by atoms with Crippen LogP contribution < -0.4 is 11.1 Å². The Morgan fingerprint density at radius 3 is 2.83 bits per heavy atom. The molecule has 98 valence electrons. The average molecular weight is 247 g/mol. The van der Waals surface area contributed by atoms with Crippen molar-refractivity contribution in [2.24, 2.45) is 11.7 Å². The van der Waals surface area contributed by atoms with Gasteiger partial charge in [-0.15, -0.1) is 0 Å². The fraction of sp³-hybridized carbons (Fsp3) is 0.571. The highest BCUT2D eigenvalue weighted by Gasteiger charge is 2.25. The maximum absolute atomic E-state index is 12.1. The maximum atomic E-state index is 12.1. The number of nitrogens with zero attached hydrogens (tertiary/aromatic N) is 1. The minimum Gasteiger partial charge on any atom is -0.346 e. The monoisotopic (exact) mass is 247 g/mol. The number of nitrogens with one attached hydrogen (secondary N) is 1. The highest BCUT2D eigenvalue weighted by Crippen LogP contribution is 2.27. The zero-order valence-corrected chi connectivity index (χ0v) is 10.9. The second-order valence-electron chi connectivity index (χ2n) is 5.02. The van der Waals surface area contributed by atoms with Gasteiger partial charge in [0.2, 0.25) is 0 Å². The first-order chi connectivity index (χ1) is 8.70. The van der Waals surface area contributed by atoms with Crippen LogP contribution in [0, 0.1) is 12.8 Å². The quantitative estimate of drug-likeness (QED) is 0.850. The van der Waals surface area contributed by atoms with E-state index in [9.17, 15) is 4.79 Å².